The first-order valence-electron chi connectivity index (χ1n) is 7.34. The minimum Gasteiger partial charge on any atom is -0.457 e. The van der Waals surface area contributed by atoms with Gasteiger partial charge in [-0.25, -0.2) is 9.97 Å². The van der Waals surface area contributed by atoms with E-state index in [2.05, 4.69) is 25.9 Å². The molecule has 2 aromatic carbocycles. The zero-order chi connectivity index (χ0) is 16.5. The summed E-state index contributed by atoms with van der Waals surface area (Å²) in [6, 6.07) is 19.2. The normalized spacial score (nSPS) is 10.9. The molecule has 0 aliphatic heterocycles. The first kappa shape index (κ1) is 14.7. The van der Waals surface area contributed by atoms with Crippen molar-refractivity contribution in [2.45, 2.75) is 0 Å². The van der Waals surface area contributed by atoms with Crippen LogP contribution in [0, 0.1) is 0 Å². The van der Waals surface area contributed by atoms with Gasteiger partial charge in [0.1, 0.15) is 21.9 Å². The standard InChI is InChI=1S/C18H13BrN4O/c19-16-15-10-11-21-18(20)23(15)17(22-16)12-6-8-14(9-7-12)24-13-4-2-1-3-5-13/h1-11H,(H2,20,21). The number of nitrogens with zero attached hydrogens (tertiary/aromatic N) is 3. The molecule has 5 nitrogen and oxygen atoms in total. The van der Waals surface area contributed by atoms with Gasteiger partial charge < -0.3 is 10.5 Å². The first-order valence-corrected chi connectivity index (χ1v) is 8.13. The lowest BCUT2D eigenvalue weighted by Gasteiger charge is -2.07. The van der Waals surface area contributed by atoms with Crippen LogP contribution in [0.3, 0.4) is 0 Å². The van der Waals surface area contributed by atoms with Gasteiger partial charge in [-0.1, -0.05) is 18.2 Å². The minimum atomic E-state index is 0.394. The van der Waals surface area contributed by atoms with Gasteiger partial charge in [0.25, 0.3) is 0 Å². The van der Waals surface area contributed by atoms with Gasteiger partial charge in [-0.2, -0.15) is 0 Å². The highest BCUT2D eigenvalue weighted by atomic mass is 79.9. The molecule has 2 heterocycles. The highest BCUT2D eigenvalue weighted by molar-refractivity contribution is 9.10. The average Bonchev–Trinajstić information content (AvgIpc) is 2.95. The molecule has 0 saturated carbocycles. The maximum absolute atomic E-state index is 6.01. The molecule has 0 aliphatic carbocycles. The van der Waals surface area contributed by atoms with E-state index in [0.29, 0.717) is 5.95 Å². The zero-order valence-corrected chi connectivity index (χ0v) is 14.1. The number of imidazole rings is 1. The monoisotopic (exact) mass is 380 g/mol. The minimum absolute atomic E-state index is 0.394. The topological polar surface area (TPSA) is 65.4 Å². The van der Waals surface area contributed by atoms with Crippen molar-refractivity contribution < 1.29 is 4.74 Å². The Bertz CT molecular complexity index is 997. The molecule has 0 amide bonds. The number of hydrogen-bond acceptors (Lipinski definition) is 4. The average molecular weight is 381 g/mol. The number of ether oxygens (including phenoxy) is 1. The summed E-state index contributed by atoms with van der Waals surface area (Å²) >= 11 is 3.47. The van der Waals surface area contributed by atoms with Gasteiger partial charge in [-0.15, -0.1) is 0 Å². The molecule has 0 bridgehead atoms. The van der Waals surface area contributed by atoms with Crippen molar-refractivity contribution in [3.63, 3.8) is 0 Å². The van der Waals surface area contributed by atoms with Crippen molar-refractivity contribution in [3.05, 3.63) is 71.5 Å². The van der Waals surface area contributed by atoms with Crippen LogP contribution in [-0.4, -0.2) is 14.4 Å². The van der Waals surface area contributed by atoms with E-state index in [1.165, 1.54) is 0 Å². The number of anilines is 1. The molecular weight excluding hydrogens is 368 g/mol. The van der Waals surface area contributed by atoms with Crippen LogP contribution in [0.2, 0.25) is 0 Å². The van der Waals surface area contributed by atoms with E-state index in [0.717, 1.165) is 33.0 Å². The fourth-order valence-electron chi connectivity index (χ4n) is 2.51. The van der Waals surface area contributed by atoms with Gasteiger partial charge in [0.05, 0.1) is 5.52 Å². The van der Waals surface area contributed by atoms with Gasteiger partial charge in [0, 0.05) is 11.8 Å². The summed E-state index contributed by atoms with van der Waals surface area (Å²) in [4.78, 5) is 8.69. The molecule has 0 unspecified atom stereocenters. The summed E-state index contributed by atoms with van der Waals surface area (Å²) in [7, 11) is 0. The number of para-hydroxylation sites is 1. The molecule has 0 radical (unpaired) electrons. The lowest BCUT2D eigenvalue weighted by molar-refractivity contribution is 0.483. The highest BCUT2D eigenvalue weighted by Gasteiger charge is 2.13. The predicted octanol–water partition coefficient (Wildman–Crippen LogP) is 4.53. The number of aromatic nitrogens is 3. The van der Waals surface area contributed by atoms with E-state index in [-0.39, 0.29) is 0 Å². The molecule has 4 aromatic rings. The molecule has 0 atom stereocenters. The zero-order valence-electron chi connectivity index (χ0n) is 12.6. The van der Waals surface area contributed by atoms with Gasteiger partial charge in [-0.05, 0) is 58.4 Å². The highest BCUT2D eigenvalue weighted by Crippen LogP contribution is 2.29. The number of nitrogen functional groups attached to an aromatic ring is 1. The fourth-order valence-corrected chi connectivity index (χ4v) is 2.99. The molecule has 24 heavy (non-hydrogen) atoms. The SMILES string of the molecule is Nc1nccc2c(Br)nc(-c3ccc(Oc4ccccc4)cc3)n12. The summed E-state index contributed by atoms with van der Waals surface area (Å²) in [5.74, 6) is 2.68. The van der Waals surface area contributed by atoms with Crippen molar-refractivity contribution in [1.82, 2.24) is 14.4 Å². The van der Waals surface area contributed by atoms with Crippen LogP contribution in [0.15, 0.2) is 71.5 Å². The molecule has 0 spiro atoms. The van der Waals surface area contributed by atoms with E-state index >= 15 is 0 Å². The Balaban J connectivity index is 1.71. The summed E-state index contributed by atoms with van der Waals surface area (Å²) in [6.45, 7) is 0. The Morgan fingerprint density at radius 3 is 2.38 bits per heavy atom. The van der Waals surface area contributed by atoms with Gasteiger partial charge in [-0.3, -0.25) is 4.40 Å². The maximum atomic E-state index is 6.01. The number of nitrogens with two attached hydrogens (primary N) is 1. The molecule has 0 aliphatic rings. The second-order valence-corrected chi connectivity index (χ2v) is 5.94. The molecule has 6 heteroatoms. The molecule has 0 fully saturated rings. The van der Waals surface area contributed by atoms with Crippen LogP contribution in [0.1, 0.15) is 0 Å². The van der Waals surface area contributed by atoms with Crippen molar-refractivity contribution in [2.24, 2.45) is 0 Å². The van der Waals surface area contributed by atoms with Crippen LogP contribution in [-0.2, 0) is 0 Å². The quantitative estimate of drug-likeness (QED) is 0.566. The van der Waals surface area contributed by atoms with E-state index in [9.17, 15) is 0 Å². The van der Waals surface area contributed by atoms with Crippen LogP contribution < -0.4 is 10.5 Å². The predicted molar refractivity (Wildman–Crippen MR) is 97.1 cm³/mol. The molecule has 118 valence electrons. The molecule has 2 aromatic heterocycles. The Morgan fingerprint density at radius 2 is 1.62 bits per heavy atom. The second kappa shape index (κ2) is 5.98. The summed E-state index contributed by atoms with van der Waals surface area (Å²) < 4.78 is 8.36. The van der Waals surface area contributed by atoms with E-state index < -0.39 is 0 Å². The van der Waals surface area contributed by atoms with E-state index in [1.54, 1.807) is 6.20 Å². The van der Waals surface area contributed by atoms with Crippen LogP contribution >= 0.6 is 15.9 Å². The Morgan fingerprint density at radius 1 is 0.917 bits per heavy atom. The Labute approximate surface area is 146 Å². The largest absolute Gasteiger partial charge is 0.457 e. The van der Waals surface area contributed by atoms with Crippen LogP contribution in [0.25, 0.3) is 16.9 Å². The lowest BCUT2D eigenvalue weighted by atomic mass is 10.2. The number of hydrogen-bond donors (Lipinski definition) is 1. The van der Waals surface area contributed by atoms with E-state index in [1.807, 2.05) is 65.1 Å². The van der Waals surface area contributed by atoms with Crippen LogP contribution in [0.4, 0.5) is 5.95 Å². The third-order valence-electron chi connectivity index (χ3n) is 3.63. The number of benzene rings is 2. The van der Waals surface area contributed by atoms with Gasteiger partial charge in [0.15, 0.2) is 0 Å². The van der Waals surface area contributed by atoms with Gasteiger partial charge >= 0.3 is 0 Å². The molecule has 2 N–H and O–H groups in total. The summed E-state index contributed by atoms with van der Waals surface area (Å²) in [6.07, 6.45) is 1.66. The van der Waals surface area contributed by atoms with Crippen LogP contribution in [0.5, 0.6) is 11.5 Å². The van der Waals surface area contributed by atoms with Crippen molar-refractivity contribution >= 4 is 27.4 Å². The number of halogens is 1. The third kappa shape index (κ3) is 2.61. The Kier molecular flexibility index (Phi) is 3.66. The van der Waals surface area contributed by atoms with Crippen molar-refractivity contribution in [2.75, 3.05) is 5.73 Å². The first-order chi connectivity index (χ1) is 11.7. The summed E-state index contributed by atoms with van der Waals surface area (Å²) in [5.41, 5.74) is 7.81. The van der Waals surface area contributed by atoms with E-state index in [4.69, 9.17) is 10.5 Å². The molecule has 0 saturated heterocycles. The molecular formula is C18H13BrN4O. The summed E-state index contributed by atoms with van der Waals surface area (Å²) in [5, 5.41) is 0. The maximum Gasteiger partial charge on any atom is 0.206 e. The number of fused-ring (bicyclic) bond motifs is 1. The fraction of sp³-hybridized carbons (Fsp3) is 0. The molecule has 4 rings (SSSR count). The van der Waals surface area contributed by atoms with Crippen molar-refractivity contribution in [3.8, 4) is 22.9 Å². The second-order valence-electron chi connectivity index (χ2n) is 5.19. The van der Waals surface area contributed by atoms with Gasteiger partial charge in [0.2, 0.25) is 5.95 Å². The number of rotatable bonds is 3. The Hall–Kier alpha value is -2.86. The van der Waals surface area contributed by atoms with Crippen molar-refractivity contribution in [1.29, 1.82) is 0 Å². The third-order valence-corrected chi connectivity index (χ3v) is 4.21. The lowest BCUT2D eigenvalue weighted by Crippen LogP contribution is -2.01. The smallest absolute Gasteiger partial charge is 0.206 e.